The minimum absolute atomic E-state index is 0.139. The first-order chi connectivity index (χ1) is 11.4. The summed E-state index contributed by atoms with van der Waals surface area (Å²) in [5, 5.41) is 12.4. The largest absolute Gasteiger partial charge is 0.493 e. The van der Waals surface area contributed by atoms with Crippen molar-refractivity contribution in [3.05, 3.63) is 45.6 Å². The molecule has 1 N–H and O–H groups in total. The second kappa shape index (κ2) is 6.75. The van der Waals surface area contributed by atoms with Crippen molar-refractivity contribution in [3.8, 4) is 11.5 Å². The van der Waals surface area contributed by atoms with Crippen LogP contribution in [-0.4, -0.2) is 42.9 Å². The topological polar surface area (TPSA) is 41.9 Å². The van der Waals surface area contributed by atoms with E-state index in [1.165, 1.54) is 16.0 Å². The summed E-state index contributed by atoms with van der Waals surface area (Å²) in [5.41, 5.74) is 1.80. The zero-order valence-corrected chi connectivity index (χ0v) is 15.5. The van der Waals surface area contributed by atoms with Gasteiger partial charge in [0.25, 0.3) is 0 Å². The molecule has 5 heteroatoms. The average molecular weight is 347 g/mol. The highest BCUT2D eigenvalue weighted by atomic mass is 32.1. The molecule has 0 amide bonds. The lowest BCUT2D eigenvalue weighted by Gasteiger charge is -2.40. The normalized spacial score (nSPS) is 18.3. The standard InChI is InChI=1S/C19H25NO3S/c1-19(2,21)12-20-8-7-13-10-15(22-3)16(23-4)11-14(13)18(20)17-6-5-9-24-17/h5-6,9-11,18,21H,7-8,12H2,1-4H3. The number of benzene rings is 1. The van der Waals surface area contributed by atoms with Crippen LogP contribution < -0.4 is 9.47 Å². The van der Waals surface area contributed by atoms with Gasteiger partial charge >= 0.3 is 0 Å². The maximum absolute atomic E-state index is 10.3. The van der Waals surface area contributed by atoms with Crippen molar-refractivity contribution >= 4 is 11.3 Å². The summed E-state index contributed by atoms with van der Waals surface area (Å²) in [6.07, 6.45) is 0.938. The highest BCUT2D eigenvalue weighted by molar-refractivity contribution is 7.10. The molecule has 0 saturated heterocycles. The minimum atomic E-state index is -0.733. The molecule has 0 fully saturated rings. The van der Waals surface area contributed by atoms with Crippen LogP contribution in [0.1, 0.15) is 35.9 Å². The van der Waals surface area contributed by atoms with Gasteiger partial charge in [0, 0.05) is 18.0 Å². The molecule has 0 radical (unpaired) electrons. The SMILES string of the molecule is COc1cc2c(cc1OC)C(c1cccs1)N(CC(C)(C)O)CC2. The van der Waals surface area contributed by atoms with E-state index in [2.05, 4.69) is 34.5 Å². The Labute approximate surface area is 147 Å². The van der Waals surface area contributed by atoms with Gasteiger partial charge in [-0.3, -0.25) is 4.90 Å². The van der Waals surface area contributed by atoms with Crippen molar-refractivity contribution in [1.29, 1.82) is 0 Å². The zero-order chi connectivity index (χ0) is 17.3. The molecular formula is C19H25NO3S. The molecule has 4 nitrogen and oxygen atoms in total. The van der Waals surface area contributed by atoms with Crippen LogP contribution in [0.3, 0.4) is 0 Å². The van der Waals surface area contributed by atoms with E-state index in [1.807, 2.05) is 13.8 Å². The van der Waals surface area contributed by atoms with E-state index in [4.69, 9.17) is 9.47 Å². The van der Waals surface area contributed by atoms with Crippen LogP contribution in [0.25, 0.3) is 0 Å². The summed E-state index contributed by atoms with van der Waals surface area (Å²) in [4.78, 5) is 3.65. The van der Waals surface area contributed by atoms with Crippen LogP contribution in [0.5, 0.6) is 11.5 Å². The maximum atomic E-state index is 10.3. The molecule has 24 heavy (non-hydrogen) atoms. The molecule has 1 aliphatic rings. The fraction of sp³-hybridized carbons (Fsp3) is 0.474. The number of β-amino-alcohol motifs (C(OH)–C–C–N with tert-alkyl or cyclic N) is 1. The molecule has 2 aromatic rings. The molecule has 1 aromatic heterocycles. The Hall–Kier alpha value is -1.56. The number of fused-ring (bicyclic) bond motifs is 1. The molecule has 3 rings (SSSR count). The number of nitrogens with zero attached hydrogens (tertiary/aromatic N) is 1. The van der Waals surface area contributed by atoms with E-state index >= 15 is 0 Å². The van der Waals surface area contributed by atoms with Gasteiger partial charge in [-0.05, 0) is 55.0 Å². The van der Waals surface area contributed by atoms with E-state index in [0.29, 0.717) is 6.54 Å². The Balaban J connectivity index is 2.08. The molecular weight excluding hydrogens is 322 g/mol. The first-order valence-corrected chi connectivity index (χ1v) is 9.05. The van der Waals surface area contributed by atoms with Crippen LogP contribution >= 0.6 is 11.3 Å². The first kappa shape index (κ1) is 17.3. The Morgan fingerprint density at radius 3 is 2.54 bits per heavy atom. The highest BCUT2D eigenvalue weighted by Gasteiger charge is 2.33. The summed E-state index contributed by atoms with van der Waals surface area (Å²) in [6.45, 7) is 5.27. The van der Waals surface area contributed by atoms with Gasteiger partial charge in [0.1, 0.15) is 0 Å². The van der Waals surface area contributed by atoms with Crippen molar-refractivity contribution < 1.29 is 14.6 Å². The third kappa shape index (κ3) is 3.43. The maximum Gasteiger partial charge on any atom is 0.161 e. The Bertz CT molecular complexity index is 691. The predicted octanol–water partition coefficient (Wildman–Crippen LogP) is 3.48. The number of aliphatic hydroxyl groups is 1. The predicted molar refractivity (Wildman–Crippen MR) is 97.3 cm³/mol. The molecule has 1 aromatic carbocycles. The average Bonchev–Trinajstić information content (AvgIpc) is 3.05. The summed E-state index contributed by atoms with van der Waals surface area (Å²) in [5.74, 6) is 1.53. The molecule has 0 spiro atoms. The lowest BCUT2D eigenvalue weighted by molar-refractivity contribution is 0.0241. The first-order valence-electron chi connectivity index (χ1n) is 8.17. The van der Waals surface area contributed by atoms with Crippen LogP contribution in [0.15, 0.2) is 29.6 Å². The van der Waals surface area contributed by atoms with E-state index in [-0.39, 0.29) is 6.04 Å². The number of methoxy groups -OCH3 is 2. The summed E-state index contributed by atoms with van der Waals surface area (Å²) in [7, 11) is 3.34. The second-order valence-corrected chi connectivity index (χ2v) is 7.84. The Morgan fingerprint density at radius 2 is 1.96 bits per heavy atom. The number of hydrogen-bond donors (Lipinski definition) is 1. The second-order valence-electron chi connectivity index (χ2n) is 6.86. The third-order valence-electron chi connectivity index (χ3n) is 4.38. The molecule has 1 unspecified atom stereocenters. The zero-order valence-electron chi connectivity index (χ0n) is 14.7. The summed E-state index contributed by atoms with van der Waals surface area (Å²) < 4.78 is 11.0. The molecule has 130 valence electrons. The van der Waals surface area contributed by atoms with Gasteiger partial charge in [0.2, 0.25) is 0 Å². The van der Waals surface area contributed by atoms with Crippen LogP contribution in [0.4, 0.5) is 0 Å². The number of ether oxygens (including phenoxy) is 2. The van der Waals surface area contributed by atoms with Crippen molar-refractivity contribution in [1.82, 2.24) is 4.90 Å². The Kier molecular flexibility index (Phi) is 4.85. The molecule has 0 bridgehead atoms. The fourth-order valence-electron chi connectivity index (χ4n) is 3.45. The lowest BCUT2D eigenvalue weighted by Crippen LogP contribution is -2.44. The van der Waals surface area contributed by atoms with Gasteiger partial charge in [-0.25, -0.2) is 0 Å². The highest BCUT2D eigenvalue weighted by Crippen LogP contribution is 2.42. The van der Waals surface area contributed by atoms with Crippen LogP contribution in [-0.2, 0) is 6.42 Å². The number of hydrogen-bond acceptors (Lipinski definition) is 5. The molecule has 2 heterocycles. The van der Waals surface area contributed by atoms with Crippen molar-refractivity contribution in [2.45, 2.75) is 31.9 Å². The van der Waals surface area contributed by atoms with Crippen LogP contribution in [0, 0.1) is 0 Å². The van der Waals surface area contributed by atoms with E-state index in [1.54, 1.807) is 25.6 Å². The van der Waals surface area contributed by atoms with Gasteiger partial charge in [-0.15, -0.1) is 11.3 Å². The molecule has 1 aliphatic heterocycles. The number of rotatable bonds is 5. The van der Waals surface area contributed by atoms with Crippen LogP contribution in [0.2, 0.25) is 0 Å². The van der Waals surface area contributed by atoms with Crippen molar-refractivity contribution in [2.24, 2.45) is 0 Å². The molecule has 0 saturated carbocycles. The van der Waals surface area contributed by atoms with E-state index in [0.717, 1.165) is 24.5 Å². The van der Waals surface area contributed by atoms with Crippen molar-refractivity contribution in [3.63, 3.8) is 0 Å². The number of thiophene rings is 1. The van der Waals surface area contributed by atoms with Crippen molar-refractivity contribution in [2.75, 3.05) is 27.3 Å². The third-order valence-corrected chi connectivity index (χ3v) is 5.30. The smallest absolute Gasteiger partial charge is 0.161 e. The van der Waals surface area contributed by atoms with Gasteiger partial charge in [0.15, 0.2) is 11.5 Å². The fourth-order valence-corrected chi connectivity index (χ4v) is 4.32. The van der Waals surface area contributed by atoms with Gasteiger partial charge < -0.3 is 14.6 Å². The molecule has 1 atom stereocenters. The minimum Gasteiger partial charge on any atom is -0.493 e. The summed E-state index contributed by atoms with van der Waals surface area (Å²) in [6, 6.07) is 8.57. The Morgan fingerprint density at radius 1 is 1.25 bits per heavy atom. The molecule has 0 aliphatic carbocycles. The van der Waals surface area contributed by atoms with E-state index < -0.39 is 5.60 Å². The summed E-state index contributed by atoms with van der Waals surface area (Å²) >= 11 is 1.75. The monoisotopic (exact) mass is 347 g/mol. The van der Waals surface area contributed by atoms with E-state index in [9.17, 15) is 5.11 Å². The van der Waals surface area contributed by atoms with Gasteiger partial charge in [0.05, 0.1) is 25.9 Å². The lowest BCUT2D eigenvalue weighted by atomic mass is 9.90. The van der Waals surface area contributed by atoms with Gasteiger partial charge in [-0.1, -0.05) is 6.07 Å². The quantitative estimate of drug-likeness (QED) is 0.899. The van der Waals surface area contributed by atoms with Gasteiger partial charge in [-0.2, -0.15) is 0 Å².